The number of rotatable bonds is 7. The molecule has 1 N–H and O–H groups in total. The molecule has 1 aliphatic carbocycles. The maximum absolute atomic E-state index is 13.0. The molecule has 0 spiro atoms. The van der Waals surface area contributed by atoms with Gasteiger partial charge in [-0.1, -0.05) is 57.6 Å². The number of nitrogens with one attached hydrogen (secondary N) is 1. The number of carbonyl (C=O) groups is 2. The lowest BCUT2D eigenvalue weighted by Gasteiger charge is -2.10. The summed E-state index contributed by atoms with van der Waals surface area (Å²) >= 11 is 31.4. The van der Waals surface area contributed by atoms with E-state index in [0.717, 1.165) is 10.5 Å². The third kappa shape index (κ3) is 6.31. The van der Waals surface area contributed by atoms with Crippen molar-refractivity contribution in [1.82, 2.24) is 0 Å². The van der Waals surface area contributed by atoms with Crippen LogP contribution in [0.25, 0.3) is 0 Å². The summed E-state index contributed by atoms with van der Waals surface area (Å²) < 4.78 is 2.49. The van der Waals surface area contributed by atoms with E-state index in [1.54, 1.807) is 36.5 Å². The number of benzene rings is 3. The molecule has 0 aliphatic heterocycles. The van der Waals surface area contributed by atoms with E-state index in [2.05, 4.69) is 9.68 Å². The molecule has 3 aromatic rings. The largest absolute Gasteiger partial charge is 0.326 e. The van der Waals surface area contributed by atoms with Crippen molar-refractivity contribution in [3.8, 4) is 6.19 Å². The monoisotopic (exact) mass is 611 g/mol. The first kappa shape index (κ1) is 27.9. The average molecular weight is 614 g/mol. The van der Waals surface area contributed by atoms with Gasteiger partial charge in [-0.15, -0.1) is 27.6 Å². The standard InChI is InChI=1S/C26H18Cl5N3O2S/c1-37(33-13-32)19-5-2-14(3-6-19)8-22(35)20-12-18(4-7-21(20)29)34-25(36)24-23(26(24,30)31)15-9-16(27)11-17(28)10-15/h2-7,9-12,23-24H,8H2,1H3,(H,34,36). The van der Waals surface area contributed by atoms with Gasteiger partial charge in [0.2, 0.25) is 12.1 Å². The minimum atomic E-state index is -1.33. The Balaban J connectivity index is 1.48. The SMILES string of the molecule is CS(=NC#N)c1ccc(CC(=O)c2cc(NC(=O)C3C(c4cc(Cl)cc(Cl)c4)C3(Cl)Cl)ccc2Cl)cc1. The second-order valence-corrected chi connectivity index (χ2v) is 12.8. The van der Waals surface area contributed by atoms with Crippen molar-refractivity contribution in [3.05, 3.63) is 92.4 Å². The molecule has 0 radical (unpaired) electrons. The third-order valence-electron chi connectivity index (χ3n) is 5.92. The highest BCUT2D eigenvalue weighted by Gasteiger charge is 2.67. The van der Waals surface area contributed by atoms with Gasteiger partial charge in [0, 0.05) is 38.5 Å². The van der Waals surface area contributed by atoms with Crippen LogP contribution in [0.3, 0.4) is 0 Å². The van der Waals surface area contributed by atoms with Gasteiger partial charge < -0.3 is 5.32 Å². The van der Waals surface area contributed by atoms with E-state index in [1.165, 1.54) is 6.07 Å². The number of anilines is 1. The lowest BCUT2D eigenvalue weighted by atomic mass is 10.0. The number of amides is 1. The Labute approximate surface area is 241 Å². The molecule has 37 heavy (non-hydrogen) atoms. The number of nitriles is 1. The van der Waals surface area contributed by atoms with Crippen molar-refractivity contribution in [2.45, 2.75) is 21.6 Å². The summed E-state index contributed by atoms with van der Waals surface area (Å²) in [4.78, 5) is 27.0. The lowest BCUT2D eigenvalue weighted by molar-refractivity contribution is -0.117. The van der Waals surface area contributed by atoms with Crippen molar-refractivity contribution >= 4 is 86.1 Å². The number of ketones is 1. The number of carbonyl (C=O) groups excluding carboxylic acids is 2. The van der Waals surface area contributed by atoms with E-state index in [9.17, 15) is 9.59 Å². The molecule has 5 nitrogen and oxygen atoms in total. The molecular weight excluding hydrogens is 596 g/mol. The van der Waals surface area contributed by atoms with Crippen LogP contribution in [0.1, 0.15) is 27.4 Å². The highest BCUT2D eigenvalue weighted by molar-refractivity contribution is 7.86. The number of nitrogens with zero attached hydrogens (tertiary/aromatic N) is 2. The smallest absolute Gasteiger partial charge is 0.231 e. The van der Waals surface area contributed by atoms with E-state index < -0.39 is 32.8 Å². The van der Waals surface area contributed by atoms with E-state index in [4.69, 9.17) is 63.3 Å². The zero-order valence-electron chi connectivity index (χ0n) is 19.1. The number of hydrogen-bond donors (Lipinski definition) is 1. The molecule has 1 aliphatic rings. The molecule has 1 amide bonds. The first-order valence-corrected chi connectivity index (χ1v) is 14.3. The molecule has 3 unspecified atom stereocenters. The molecule has 0 heterocycles. The Morgan fingerprint density at radius 1 is 1.03 bits per heavy atom. The first-order chi connectivity index (χ1) is 17.5. The van der Waals surface area contributed by atoms with Crippen molar-refractivity contribution in [3.63, 3.8) is 0 Å². The number of hydrogen-bond acceptors (Lipinski definition) is 4. The minimum absolute atomic E-state index is 0.108. The topological polar surface area (TPSA) is 82.3 Å². The summed E-state index contributed by atoms with van der Waals surface area (Å²) in [6.45, 7) is 0. The van der Waals surface area contributed by atoms with E-state index in [-0.39, 0.29) is 22.8 Å². The number of Topliss-reactive ketones (excluding diaryl/α,β-unsaturated/α-hetero) is 1. The third-order valence-corrected chi connectivity index (χ3v) is 8.94. The summed E-state index contributed by atoms with van der Waals surface area (Å²) in [6, 6.07) is 16.9. The van der Waals surface area contributed by atoms with Crippen LogP contribution in [0.15, 0.2) is 69.9 Å². The Kier molecular flexibility index (Phi) is 8.55. The molecule has 3 aromatic carbocycles. The molecule has 11 heteroatoms. The first-order valence-electron chi connectivity index (χ1n) is 10.8. The van der Waals surface area contributed by atoms with Crippen LogP contribution in [0.4, 0.5) is 5.69 Å². The van der Waals surface area contributed by atoms with Crippen molar-refractivity contribution < 1.29 is 9.59 Å². The second kappa shape index (κ2) is 11.3. The highest BCUT2D eigenvalue weighted by atomic mass is 35.5. The zero-order chi connectivity index (χ0) is 26.9. The Morgan fingerprint density at radius 2 is 1.68 bits per heavy atom. The summed E-state index contributed by atoms with van der Waals surface area (Å²) in [6.07, 6.45) is 3.75. The van der Waals surface area contributed by atoms with Crippen LogP contribution in [0.2, 0.25) is 15.1 Å². The summed E-state index contributed by atoms with van der Waals surface area (Å²) in [5.41, 5.74) is 2.11. The molecule has 0 aromatic heterocycles. The van der Waals surface area contributed by atoms with Gasteiger partial charge in [-0.05, 0) is 65.9 Å². The van der Waals surface area contributed by atoms with Crippen molar-refractivity contribution in [2.24, 2.45) is 10.3 Å². The number of halogens is 5. The van der Waals surface area contributed by atoms with Gasteiger partial charge in [-0.3, -0.25) is 9.59 Å². The predicted octanol–water partition coefficient (Wildman–Crippen LogP) is 7.87. The fraction of sp³-hybridized carbons (Fsp3) is 0.192. The van der Waals surface area contributed by atoms with Crippen LogP contribution >= 0.6 is 58.0 Å². The van der Waals surface area contributed by atoms with Gasteiger partial charge in [0.15, 0.2) is 5.78 Å². The second-order valence-electron chi connectivity index (χ2n) is 8.43. The molecule has 0 saturated heterocycles. The van der Waals surface area contributed by atoms with Crippen molar-refractivity contribution in [2.75, 3.05) is 11.6 Å². The van der Waals surface area contributed by atoms with Crippen molar-refractivity contribution in [1.29, 1.82) is 5.26 Å². The van der Waals surface area contributed by atoms with Gasteiger partial charge in [0.25, 0.3) is 0 Å². The van der Waals surface area contributed by atoms with E-state index in [1.807, 2.05) is 30.5 Å². The van der Waals surface area contributed by atoms with Crippen LogP contribution in [0, 0.1) is 17.4 Å². The molecule has 1 fully saturated rings. The maximum atomic E-state index is 13.0. The van der Waals surface area contributed by atoms with E-state index >= 15 is 0 Å². The summed E-state index contributed by atoms with van der Waals surface area (Å²) in [5, 5.41) is 12.6. The van der Waals surface area contributed by atoms with Gasteiger partial charge in [-0.2, -0.15) is 5.26 Å². The Hall–Kier alpha value is -2.11. The normalized spacial score (nSPS) is 18.6. The molecule has 0 bridgehead atoms. The van der Waals surface area contributed by atoms with Gasteiger partial charge in [-0.25, -0.2) is 0 Å². The summed E-state index contributed by atoms with van der Waals surface area (Å²) in [7, 11) is -0.539. The molecule has 1 saturated carbocycles. The molecule has 3 atom stereocenters. The molecule has 4 rings (SSSR count). The van der Waals surface area contributed by atoms with Crippen LogP contribution in [0.5, 0.6) is 0 Å². The minimum Gasteiger partial charge on any atom is -0.326 e. The Morgan fingerprint density at radius 3 is 2.30 bits per heavy atom. The van der Waals surface area contributed by atoms with Crippen LogP contribution in [-0.4, -0.2) is 22.3 Å². The molecule has 190 valence electrons. The highest BCUT2D eigenvalue weighted by Crippen LogP contribution is 2.65. The molecular formula is C26H18Cl5N3O2S. The lowest BCUT2D eigenvalue weighted by Crippen LogP contribution is -2.17. The van der Waals surface area contributed by atoms with Crippen LogP contribution in [-0.2, 0) is 21.9 Å². The van der Waals surface area contributed by atoms with E-state index in [0.29, 0.717) is 21.3 Å². The van der Waals surface area contributed by atoms with Crippen LogP contribution < -0.4 is 5.32 Å². The Bertz CT molecular complexity index is 1450. The van der Waals surface area contributed by atoms with Gasteiger partial charge >= 0.3 is 0 Å². The van der Waals surface area contributed by atoms with Gasteiger partial charge in [0.1, 0.15) is 4.33 Å². The zero-order valence-corrected chi connectivity index (χ0v) is 23.7. The average Bonchev–Trinajstić information content (AvgIpc) is 3.42. The fourth-order valence-corrected chi connectivity index (χ4v) is 6.41. The predicted molar refractivity (Wildman–Crippen MR) is 151 cm³/mol. The summed E-state index contributed by atoms with van der Waals surface area (Å²) in [5.74, 6) is -1.85. The van der Waals surface area contributed by atoms with Gasteiger partial charge in [0.05, 0.1) is 10.9 Å². The number of alkyl halides is 2. The quantitative estimate of drug-likeness (QED) is 0.167. The maximum Gasteiger partial charge on any atom is 0.231 e. The fourth-order valence-electron chi connectivity index (χ4n) is 4.06.